The smallest absolute Gasteiger partial charge is 0.290 e. The first kappa shape index (κ1) is 14.6. The predicted molar refractivity (Wildman–Crippen MR) is 57.8 cm³/mol. The molecule has 0 rings (SSSR count). The van der Waals surface area contributed by atoms with Crippen molar-refractivity contribution in [3.63, 3.8) is 0 Å². The number of rotatable bonds is 6. The Morgan fingerprint density at radius 2 is 1.69 bits per heavy atom. The lowest BCUT2D eigenvalue weighted by Crippen LogP contribution is -2.37. The molecule has 0 aliphatic rings. The summed E-state index contributed by atoms with van der Waals surface area (Å²) in [7, 11) is 6.08. The molecule has 0 heterocycles. The van der Waals surface area contributed by atoms with Gasteiger partial charge in [-0.1, -0.05) is 0 Å². The van der Waals surface area contributed by atoms with Crippen molar-refractivity contribution in [2.75, 3.05) is 41.4 Å². The van der Waals surface area contributed by atoms with Gasteiger partial charge in [-0.3, -0.25) is 14.4 Å². The number of likely N-dealkylation sites (N-methyl/N-ethyl adjacent to an activating group) is 1. The average molecular weight is 230 g/mol. The van der Waals surface area contributed by atoms with Crippen LogP contribution in [0.4, 0.5) is 0 Å². The van der Waals surface area contributed by atoms with E-state index in [0.29, 0.717) is 13.2 Å². The summed E-state index contributed by atoms with van der Waals surface area (Å²) in [5.41, 5.74) is 0. The summed E-state index contributed by atoms with van der Waals surface area (Å²) < 4.78 is 4.78. The highest BCUT2D eigenvalue weighted by Gasteiger charge is 2.21. The number of hydrogen-bond acceptors (Lipinski definition) is 4. The summed E-state index contributed by atoms with van der Waals surface area (Å²) in [6, 6.07) is 0. The van der Waals surface area contributed by atoms with Crippen molar-refractivity contribution in [2.45, 2.75) is 6.42 Å². The highest BCUT2D eigenvalue weighted by Crippen LogP contribution is 1.94. The zero-order chi connectivity index (χ0) is 12.7. The van der Waals surface area contributed by atoms with Crippen molar-refractivity contribution in [1.82, 2.24) is 9.80 Å². The third-order valence-corrected chi connectivity index (χ3v) is 2.03. The van der Waals surface area contributed by atoms with Crippen molar-refractivity contribution in [2.24, 2.45) is 0 Å². The van der Waals surface area contributed by atoms with Crippen LogP contribution in [0.25, 0.3) is 0 Å². The summed E-state index contributed by atoms with van der Waals surface area (Å²) >= 11 is 0. The van der Waals surface area contributed by atoms with Crippen LogP contribution in [0.1, 0.15) is 6.42 Å². The Kier molecular flexibility index (Phi) is 6.32. The number of carbonyl (C=O) groups excluding carboxylic acids is 3. The molecule has 0 spiro atoms. The van der Waals surface area contributed by atoms with E-state index in [0.717, 1.165) is 0 Å². The summed E-state index contributed by atoms with van der Waals surface area (Å²) in [6.45, 7) is 0.689. The maximum atomic E-state index is 11.5. The zero-order valence-corrected chi connectivity index (χ0v) is 10.1. The van der Waals surface area contributed by atoms with Gasteiger partial charge in [-0.2, -0.15) is 0 Å². The average Bonchev–Trinajstić information content (AvgIpc) is 2.24. The SMILES string of the molecule is COCCN(C)C(=O)C(=O)CC(=O)N(C)C. The summed E-state index contributed by atoms with van der Waals surface area (Å²) in [5, 5.41) is 0. The Bertz CT molecular complexity index is 276. The van der Waals surface area contributed by atoms with Crippen LogP contribution < -0.4 is 0 Å². The van der Waals surface area contributed by atoms with Crippen LogP contribution in [-0.2, 0) is 19.1 Å². The van der Waals surface area contributed by atoms with Gasteiger partial charge in [0, 0.05) is 34.8 Å². The molecule has 0 radical (unpaired) electrons. The van der Waals surface area contributed by atoms with Crippen molar-refractivity contribution >= 4 is 17.6 Å². The largest absolute Gasteiger partial charge is 0.383 e. The lowest BCUT2D eigenvalue weighted by atomic mass is 10.2. The first-order chi connectivity index (χ1) is 7.40. The second-order valence-corrected chi connectivity index (χ2v) is 3.61. The van der Waals surface area contributed by atoms with Crippen LogP contribution in [0.2, 0.25) is 0 Å². The molecule has 0 saturated heterocycles. The molecule has 0 N–H and O–H groups in total. The van der Waals surface area contributed by atoms with Crippen LogP contribution in [0.3, 0.4) is 0 Å². The van der Waals surface area contributed by atoms with E-state index in [1.54, 1.807) is 0 Å². The molecule has 0 fully saturated rings. The number of amides is 2. The molecule has 0 aliphatic heterocycles. The topological polar surface area (TPSA) is 66.9 Å². The van der Waals surface area contributed by atoms with E-state index in [9.17, 15) is 14.4 Å². The highest BCUT2D eigenvalue weighted by molar-refractivity contribution is 6.39. The summed E-state index contributed by atoms with van der Waals surface area (Å²) in [4.78, 5) is 36.6. The second kappa shape index (κ2) is 6.95. The normalized spacial score (nSPS) is 9.75. The number of carbonyl (C=O) groups is 3. The van der Waals surface area contributed by atoms with Crippen LogP contribution in [-0.4, -0.2) is 68.8 Å². The van der Waals surface area contributed by atoms with Crippen LogP contribution in [0.5, 0.6) is 0 Å². The van der Waals surface area contributed by atoms with Gasteiger partial charge >= 0.3 is 0 Å². The quantitative estimate of drug-likeness (QED) is 0.440. The van der Waals surface area contributed by atoms with Gasteiger partial charge in [0.2, 0.25) is 11.7 Å². The maximum Gasteiger partial charge on any atom is 0.290 e. The molecule has 0 aromatic rings. The van der Waals surface area contributed by atoms with Crippen LogP contribution in [0, 0.1) is 0 Å². The molecule has 0 saturated carbocycles. The van der Waals surface area contributed by atoms with Crippen molar-refractivity contribution in [1.29, 1.82) is 0 Å². The van der Waals surface area contributed by atoms with E-state index in [2.05, 4.69) is 0 Å². The van der Waals surface area contributed by atoms with Crippen molar-refractivity contribution in [3.8, 4) is 0 Å². The Balaban J connectivity index is 4.18. The van der Waals surface area contributed by atoms with E-state index in [1.165, 1.54) is 38.1 Å². The molecule has 0 aromatic carbocycles. The Morgan fingerprint density at radius 1 is 1.12 bits per heavy atom. The van der Waals surface area contributed by atoms with Crippen molar-refractivity contribution in [3.05, 3.63) is 0 Å². The fourth-order valence-corrected chi connectivity index (χ4v) is 0.914. The van der Waals surface area contributed by atoms with Gasteiger partial charge < -0.3 is 14.5 Å². The maximum absolute atomic E-state index is 11.5. The minimum atomic E-state index is -0.697. The molecule has 6 nitrogen and oxygen atoms in total. The molecule has 92 valence electrons. The van der Waals surface area contributed by atoms with Crippen LogP contribution in [0.15, 0.2) is 0 Å². The van der Waals surface area contributed by atoms with Gasteiger partial charge in [-0.05, 0) is 0 Å². The van der Waals surface area contributed by atoms with E-state index >= 15 is 0 Å². The van der Waals surface area contributed by atoms with E-state index in [4.69, 9.17) is 4.74 Å². The number of methoxy groups -OCH3 is 1. The molecule has 0 atom stereocenters. The molecule has 2 amide bonds. The summed E-state index contributed by atoms with van der Waals surface area (Å²) in [5.74, 6) is -1.73. The molecule has 16 heavy (non-hydrogen) atoms. The summed E-state index contributed by atoms with van der Waals surface area (Å²) in [6.07, 6.45) is -0.386. The highest BCUT2D eigenvalue weighted by atomic mass is 16.5. The fraction of sp³-hybridized carbons (Fsp3) is 0.700. The van der Waals surface area contributed by atoms with Gasteiger partial charge in [0.15, 0.2) is 0 Å². The zero-order valence-electron chi connectivity index (χ0n) is 10.1. The van der Waals surface area contributed by atoms with Gasteiger partial charge in [0.25, 0.3) is 5.91 Å². The van der Waals surface area contributed by atoms with E-state index < -0.39 is 11.7 Å². The first-order valence-corrected chi connectivity index (χ1v) is 4.87. The van der Waals surface area contributed by atoms with E-state index in [1.807, 2.05) is 0 Å². The third-order valence-electron chi connectivity index (χ3n) is 2.03. The van der Waals surface area contributed by atoms with Gasteiger partial charge in [-0.25, -0.2) is 0 Å². The standard InChI is InChI=1S/C10H18N2O4/c1-11(2)9(14)7-8(13)10(15)12(3)5-6-16-4/h5-7H2,1-4H3. The molecule has 0 unspecified atom stereocenters. The van der Waals surface area contributed by atoms with Crippen molar-refractivity contribution < 1.29 is 19.1 Å². The number of ketones is 1. The number of Topliss-reactive ketones (excluding diaryl/α,β-unsaturated/α-hetero) is 1. The number of nitrogens with zero attached hydrogens (tertiary/aromatic N) is 2. The lowest BCUT2D eigenvalue weighted by molar-refractivity contribution is -0.146. The predicted octanol–water partition coefficient (Wildman–Crippen LogP) is -0.861. The Morgan fingerprint density at radius 3 is 2.12 bits per heavy atom. The Hall–Kier alpha value is -1.43. The van der Waals surface area contributed by atoms with E-state index in [-0.39, 0.29) is 12.3 Å². The Labute approximate surface area is 95.1 Å². The van der Waals surface area contributed by atoms with Gasteiger partial charge in [0.05, 0.1) is 13.0 Å². The monoisotopic (exact) mass is 230 g/mol. The lowest BCUT2D eigenvalue weighted by Gasteiger charge is -2.16. The molecular weight excluding hydrogens is 212 g/mol. The molecular formula is C10H18N2O4. The minimum Gasteiger partial charge on any atom is -0.383 e. The molecule has 0 aromatic heterocycles. The number of ether oxygens (including phenoxy) is 1. The van der Waals surface area contributed by atoms with Crippen LogP contribution >= 0.6 is 0 Å². The molecule has 0 bridgehead atoms. The fourth-order valence-electron chi connectivity index (χ4n) is 0.914. The number of hydrogen-bond donors (Lipinski definition) is 0. The second-order valence-electron chi connectivity index (χ2n) is 3.61. The van der Waals surface area contributed by atoms with Gasteiger partial charge in [0.1, 0.15) is 0 Å². The molecule has 0 aliphatic carbocycles. The minimum absolute atomic E-state index is 0.331. The first-order valence-electron chi connectivity index (χ1n) is 4.87. The molecule has 6 heteroatoms. The van der Waals surface area contributed by atoms with Gasteiger partial charge in [-0.15, -0.1) is 0 Å². The third kappa shape index (κ3) is 4.88.